The van der Waals surface area contributed by atoms with Gasteiger partial charge in [0.05, 0.1) is 0 Å². The molecule has 1 aliphatic carbocycles. The molecule has 1 saturated carbocycles. The van der Waals surface area contributed by atoms with Gasteiger partial charge in [0.25, 0.3) is 0 Å². The number of hydrogen-bond donors (Lipinski definition) is 1. The molecule has 2 N–H and O–H groups in total. The van der Waals surface area contributed by atoms with Gasteiger partial charge in [-0.3, -0.25) is 0 Å². The fourth-order valence-corrected chi connectivity index (χ4v) is 1.92. The Hall–Kier alpha value is -1.32. The van der Waals surface area contributed by atoms with Crippen LogP contribution in [0.3, 0.4) is 0 Å². The molecule has 1 aliphatic rings. The average molecular weight is 207 g/mol. The number of ether oxygens (including phenoxy) is 1. The van der Waals surface area contributed by atoms with E-state index in [1.54, 1.807) is 12.1 Å². The maximum atomic E-state index is 5.76. The lowest BCUT2D eigenvalue weighted by Gasteiger charge is -2.15. The molecule has 4 nitrogen and oxygen atoms in total. The molecule has 15 heavy (non-hydrogen) atoms. The van der Waals surface area contributed by atoms with E-state index in [9.17, 15) is 0 Å². The number of nitrogens with two attached hydrogens (primary N) is 1. The van der Waals surface area contributed by atoms with Gasteiger partial charge in [0.15, 0.2) is 0 Å². The van der Waals surface area contributed by atoms with Crippen LogP contribution in [-0.2, 0) is 0 Å². The van der Waals surface area contributed by atoms with Gasteiger partial charge in [-0.2, -0.15) is 0 Å². The molecule has 0 radical (unpaired) electrons. The summed E-state index contributed by atoms with van der Waals surface area (Å²) in [6.07, 6.45) is 7.74. The number of hydrogen-bond acceptors (Lipinski definition) is 4. The van der Waals surface area contributed by atoms with Gasteiger partial charge < -0.3 is 10.5 Å². The molecule has 82 valence electrons. The predicted molar refractivity (Wildman–Crippen MR) is 58.6 cm³/mol. The van der Waals surface area contributed by atoms with Crippen LogP contribution in [0.25, 0.3) is 0 Å². The van der Waals surface area contributed by atoms with Crippen LogP contribution in [0, 0.1) is 0 Å². The summed E-state index contributed by atoms with van der Waals surface area (Å²) in [4.78, 5) is 0. The molecule has 0 spiro atoms. The quantitative estimate of drug-likeness (QED) is 0.755. The van der Waals surface area contributed by atoms with Gasteiger partial charge in [0.2, 0.25) is 5.88 Å². The fourth-order valence-electron chi connectivity index (χ4n) is 1.92. The lowest BCUT2D eigenvalue weighted by atomic mass is 10.1. The minimum absolute atomic E-state index is 0.311. The van der Waals surface area contributed by atoms with Crippen LogP contribution in [0.5, 0.6) is 5.88 Å². The summed E-state index contributed by atoms with van der Waals surface area (Å²) < 4.78 is 5.76. The third-order valence-corrected chi connectivity index (χ3v) is 2.75. The van der Waals surface area contributed by atoms with Crippen molar-refractivity contribution in [3.8, 4) is 5.88 Å². The normalized spacial score (nSPS) is 18.4. The maximum absolute atomic E-state index is 5.76. The molecule has 1 heterocycles. The first-order chi connectivity index (χ1) is 7.34. The second-order valence-corrected chi connectivity index (χ2v) is 4.03. The van der Waals surface area contributed by atoms with Gasteiger partial charge >= 0.3 is 0 Å². The Balaban J connectivity index is 1.92. The molecule has 1 aromatic heterocycles. The van der Waals surface area contributed by atoms with Crippen LogP contribution in [0.4, 0.5) is 5.82 Å². The highest BCUT2D eigenvalue weighted by Crippen LogP contribution is 2.21. The lowest BCUT2D eigenvalue weighted by Crippen LogP contribution is -2.16. The van der Waals surface area contributed by atoms with Crippen molar-refractivity contribution in [1.82, 2.24) is 10.2 Å². The first-order valence-corrected chi connectivity index (χ1v) is 5.60. The zero-order chi connectivity index (χ0) is 10.5. The SMILES string of the molecule is Nc1ccc(OC2CCCCCC2)nn1. The second kappa shape index (κ2) is 4.96. The summed E-state index contributed by atoms with van der Waals surface area (Å²) in [6, 6.07) is 3.51. The van der Waals surface area contributed by atoms with Gasteiger partial charge in [-0.1, -0.05) is 12.8 Å². The van der Waals surface area contributed by atoms with Crippen LogP contribution < -0.4 is 10.5 Å². The Morgan fingerprint density at radius 2 is 1.80 bits per heavy atom. The molecule has 0 aliphatic heterocycles. The van der Waals surface area contributed by atoms with E-state index in [1.165, 1.54) is 25.7 Å². The molecule has 1 aromatic rings. The maximum Gasteiger partial charge on any atom is 0.233 e. The van der Waals surface area contributed by atoms with E-state index in [-0.39, 0.29) is 0 Å². The van der Waals surface area contributed by atoms with Crippen molar-refractivity contribution in [3.63, 3.8) is 0 Å². The number of nitrogen functional groups attached to an aromatic ring is 1. The third-order valence-electron chi connectivity index (χ3n) is 2.75. The topological polar surface area (TPSA) is 61.0 Å². The van der Waals surface area contributed by atoms with Crippen molar-refractivity contribution in [2.45, 2.75) is 44.6 Å². The van der Waals surface area contributed by atoms with Gasteiger partial charge in [-0.05, 0) is 31.7 Å². The van der Waals surface area contributed by atoms with Crippen molar-refractivity contribution in [2.24, 2.45) is 0 Å². The zero-order valence-electron chi connectivity index (χ0n) is 8.85. The van der Waals surface area contributed by atoms with Crippen molar-refractivity contribution in [2.75, 3.05) is 5.73 Å². The molecule has 1 fully saturated rings. The Bertz CT molecular complexity index is 291. The molecular weight excluding hydrogens is 190 g/mol. The number of rotatable bonds is 2. The summed E-state index contributed by atoms with van der Waals surface area (Å²) >= 11 is 0. The van der Waals surface area contributed by atoms with Gasteiger partial charge in [-0.15, -0.1) is 10.2 Å². The monoisotopic (exact) mass is 207 g/mol. The Labute approximate surface area is 89.8 Å². The molecular formula is C11H17N3O. The van der Waals surface area contributed by atoms with Crippen LogP contribution in [0.15, 0.2) is 12.1 Å². The van der Waals surface area contributed by atoms with E-state index in [2.05, 4.69) is 10.2 Å². The van der Waals surface area contributed by atoms with Crippen molar-refractivity contribution < 1.29 is 4.74 Å². The van der Waals surface area contributed by atoms with Crippen LogP contribution in [0.2, 0.25) is 0 Å². The Morgan fingerprint density at radius 1 is 1.07 bits per heavy atom. The largest absolute Gasteiger partial charge is 0.473 e. The van der Waals surface area contributed by atoms with Crippen molar-refractivity contribution in [3.05, 3.63) is 12.1 Å². The number of nitrogens with zero attached hydrogens (tertiary/aromatic N) is 2. The lowest BCUT2D eigenvalue weighted by molar-refractivity contribution is 0.174. The van der Waals surface area contributed by atoms with Crippen LogP contribution in [0.1, 0.15) is 38.5 Å². The zero-order valence-corrected chi connectivity index (χ0v) is 8.85. The highest BCUT2D eigenvalue weighted by molar-refractivity contribution is 5.27. The molecule has 0 amide bonds. The highest BCUT2D eigenvalue weighted by Gasteiger charge is 2.14. The van der Waals surface area contributed by atoms with Gasteiger partial charge in [-0.25, -0.2) is 0 Å². The Kier molecular flexibility index (Phi) is 3.37. The third kappa shape index (κ3) is 3.08. The average Bonchev–Trinajstić information content (AvgIpc) is 2.50. The van der Waals surface area contributed by atoms with E-state index < -0.39 is 0 Å². The molecule has 0 bridgehead atoms. The fraction of sp³-hybridized carbons (Fsp3) is 0.636. The molecule has 2 rings (SSSR count). The van der Waals surface area contributed by atoms with Crippen molar-refractivity contribution >= 4 is 5.82 Å². The first-order valence-electron chi connectivity index (χ1n) is 5.60. The molecule has 0 saturated heterocycles. The summed E-state index contributed by atoms with van der Waals surface area (Å²) in [5.41, 5.74) is 5.46. The molecule has 0 unspecified atom stereocenters. The summed E-state index contributed by atoms with van der Waals surface area (Å²) in [7, 11) is 0. The van der Waals surface area contributed by atoms with Gasteiger partial charge in [0.1, 0.15) is 11.9 Å². The standard InChI is InChI=1S/C11H17N3O/c12-10-7-8-11(14-13-10)15-9-5-3-1-2-4-6-9/h7-9H,1-6H2,(H2,12,13). The first kappa shape index (κ1) is 10.2. The summed E-state index contributed by atoms with van der Waals surface area (Å²) in [6.45, 7) is 0. The van der Waals surface area contributed by atoms with Gasteiger partial charge in [0, 0.05) is 6.07 Å². The van der Waals surface area contributed by atoms with E-state index in [0.29, 0.717) is 17.8 Å². The van der Waals surface area contributed by atoms with E-state index in [0.717, 1.165) is 12.8 Å². The summed E-state index contributed by atoms with van der Waals surface area (Å²) in [5.74, 6) is 1.03. The van der Waals surface area contributed by atoms with E-state index >= 15 is 0 Å². The predicted octanol–water partition coefficient (Wildman–Crippen LogP) is 2.16. The number of aromatic nitrogens is 2. The highest BCUT2D eigenvalue weighted by atomic mass is 16.5. The summed E-state index contributed by atoms with van der Waals surface area (Å²) in [5, 5.41) is 7.68. The molecule has 0 atom stereocenters. The Morgan fingerprint density at radius 3 is 2.40 bits per heavy atom. The minimum Gasteiger partial charge on any atom is -0.473 e. The molecule has 4 heteroatoms. The van der Waals surface area contributed by atoms with E-state index in [1.807, 2.05) is 0 Å². The van der Waals surface area contributed by atoms with E-state index in [4.69, 9.17) is 10.5 Å². The molecule has 0 aromatic carbocycles. The smallest absolute Gasteiger partial charge is 0.233 e. The van der Waals surface area contributed by atoms with Crippen LogP contribution >= 0.6 is 0 Å². The second-order valence-electron chi connectivity index (χ2n) is 4.03. The van der Waals surface area contributed by atoms with Crippen LogP contribution in [-0.4, -0.2) is 16.3 Å². The number of anilines is 1. The van der Waals surface area contributed by atoms with Crippen molar-refractivity contribution in [1.29, 1.82) is 0 Å². The minimum atomic E-state index is 0.311.